The lowest BCUT2D eigenvalue weighted by Crippen LogP contribution is -2.41. The number of carboxylic acids is 1. The third-order valence-corrected chi connectivity index (χ3v) is 3.40. The van der Waals surface area contributed by atoms with Gasteiger partial charge in [0.15, 0.2) is 0 Å². The van der Waals surface area contributed by atoms with Crippen LogP contribution in [0, 0.1) is 5.41 Å². The lowest BCUT2D eigenvalue weighted by atomic mass is 9.86. The molecule has 6 heteroatoms. The van der Waals surface area contributed by atoms with Crippen molar-refractivity contribution in [2.75, 3.05) is 6.54 Å². The Balaban J connectivity index is 1.99. The normalized spacial score (nSPS) is 17.3. The number of aliphatic carboxylic acids is 1. The molecule has 0 bridgehead atoms. The molecular formula is C12H15N3O3. The van der Waals surface area contributed by atoms with Crippen molar-refractivity contribution in [3.63, 3.8) is 0 Å². The van der Waals surface area contributed by atoms with Crippen LogP contribution in [0.25, 0.3) is 0 Å². The number of nitrogens with zero attached hydrogens (tertiary/aromatic N) is 2. The van der Waals surface area contributed by atoms with Gasteiger partial charge in [0.25, 0.3) is 5.91 Å². The van der Waals surface area contributed by atoms with Gasteiger partial charge >= 0.3 is 5.97 Å². The second kappa shape index (κ2) is 5.12. The van der Waals surface area contributed by atoms with E-state index in [-0.39, 0.29) is 18.1 Å². The van der Waals surface area contributed by atoms with E-state index in [0.717, 1.165) is 12.8 Å². The molecule has 18 heavy (non-hydrogen) atoms. The van der Waals surface area contributed by atoms with Crippen molar-refractivity contribution in [1.29, 1.82) is 0 Å². The molecule has 2 N–H and O–H groups in total. The van der Waals surface area contributed by atoms with Crippen LogP contribution in [0.15, 0.2) is 18.6 Å². The van der Waals surface area contributed by atoms with Crippen molar-refractivity contribution in [2.24, 2.45) is 5.41 Å². The van der Waals surface area contributed by atoms with Crippen molar-refractivity contribution in [3.05, 3.63) is 24.3 Å². The Morgan fingerprint density at radius 1 is 1.33 bits per heavy atom. The van der Waals surface area contributed by atoms with Crippen LogP contribution < -0.4 is 5.32 Å². The molecule has 1 heterocycles. The SMILES string of the molecule is O=C(NCC1(C(=O)O)CCCC1)c1cnccn1. The summed E-state index contributed by atoms with van der Waals surface area (Å²) >= 11 is 0. The van der Waals surface area contributed by atoms with Crippen LogP contribution in [0.3, 0.4) is 0 Å². The number of nitrogens with one attached hydrogen (secondary N) is 1. The fraction of sp³-hybridized carbons (Fsp3) is 0.500. The van der Waals surface area contributed by atoms with Gasteiger partial charge in [-0.1, -0.05) is 12.8 Å². The molecule has 0 spiro atoms. The van der Waals surface area contributed by atoms with Crippen LogP contribution in [-0.4, -0.2) is 33.5 Å². The number of hydrogen-bond acceptors (Lipinski definition) is 4. The smallest absolute Gasteiger partial charge is 0.311 e. The lowest BCUT2D eigenvalue weighted by molar-refractivity contribution is -0.148. The van der Waals surface area contributed by atoms with E-state index in [1.54, 1.807) is 0 Å². The summed E-state index contributed by atoms with van der Waals surface area (Å²) < 4.78 is 0. The molecule has 0 saturated heterocycles. The van der Waals surface area contributed by atoms with Gasteiger partial charge in [-0.3, -0.25) is 14.6 Å². The van der Waals surface area contributed by atoms with Crippen LogP contribution in [0.5, 0.6) is 0 Å². The highest BCUT2D eigenvalue weighted by molar-refractivity contribution is 5.92. The van der Waals surface area contributed by atoms with Crippen molar-refractivity contribution in [2.45, 2.75) is 25.7 Å². The first-order chi connectivity index (χ1) is 8.64. The zero-order valence-corrected chi connectivity index (χ0v) is 9.93. The highest BCUT2D eigenvalue weighted by Gasteiger charge is 2.41. The van der Waals surface area contributed by atoms with Crippen molar-refractivity contribution in [1.82, 2.24) is 15.3 Å². The molecular weight excluding hydrogens is 234 g/mol. The maximum atomic E-state index is 11.8. The summed E-state index contributed by atoms with van der Waals surface area (Å²) in [6.45, 7) is 0.151. The number of carbonyl (C=O) groups is 2. The quantitative estimate of drug-likeness (QED) is 0.825. The summed E-state index contributed by atoms with van der Waals surface area (Å²) in [4.78, 5) is 30.7. The summed E-state index contributed by atoms with van der Waals surface area (Å²) in [7, 11) is 0. The molecule has 0 radical (unpaired) electrons. The molecule has 1 saturated carbocycles. The van der Waals surface area contributed by atoms with E-state index in [1.165, 1.54) is 18.6 Å². The summed E-state index contributed by atoms with van der Waals surface area (Å²) in [6, 6.07) is 0. The second-order valence-corrected chi connectivity index (χ2v) is 4.57. The molecule has 6 nitrogen and oxygen atoms in total. The fourth-order valence-corrected chi connectivity index (χ4v) is 2.27. The zero-order valence-electron chi connectivity index (χ0n) is 9.93. The van der Waals surface area contributed by atoms with Crippen LogP contribution in [0.1, 0.15) is 36.2 Å². The van der Waals surface area contributed by atoms with E-state index < -0.39 is 11.4 Å². The first-order valence-electron chi connectivity index (χ1n) is 5.92. The number of hydrogen-bond donors (Lipinski definition) is 2. The molecule has 1 amide bonds. The van der Waals surface area contributed by atoms with Gasteiger partial charge in [0.2, 0.25) is 0 Å². The summed E-state index contributed by atoms with van der Waals surface area (Å²) in [5.41, 5.74) is -0.603. The minimum atomic E-state index is -0.834. The number of carbonyl (C=O) groups excluding carboxylic acids is 1. The van der Waals surface area contributed by atoms with Crippen molar-refractivity contribution >= 4 is 11.9 Å². The zero-order chi connectivity index (χ0) is 13.0. The van der Waals surface area contributed by atoms with E-state index in [4.69, 9.17) is 0 Å². The molecule has 96 valence electrons. The van der Waals surface area contributed by atoms with Crippen LogP contribution >= 0.6 is 0 Å². The van der Waals surface area contributed by atoms with E-state index in [2.05, 4.69) is 15.3 Å². The molecule has 1 fully saturated rings. The van der Waals surface area contributed by atoms with E-state index in [0.29, 0.717) is 12.8 Å². The summed E-state index contributed by atoms with van der Waals surface area (Å²) in [5.74, 6) is -1.21. The Morgan fingerprint density at radius 3 is 2.61 bits per heavy atom. The monoisotopic (exact) mass is 249 g/mol. The minimum Gasteiger partial charge on any atom is -0.481 e. The van der Waals surface area contributed by atoms with Crippen molar-refractivity contribution in [3.8, 4) is 0 Å². The van der Waals surface area contributed by atoms with Gasteiger partial charge in [-0.05, 0) is 12.8 Å². The fourth-order valence-electron chi connectivity index (χ4n) is 2.27. The first kappa shape index (κ1) is 12.5. The first-order valence-corrected chi connectivity index (χ1v) is 5.92. The highest BCUT2D eigenvalue weighted by Crippen LogP contribution is 2.37. The maximum Gasteiger partial charge on any atom is 0.311 e. The second-order valence-electron chi connectivity index (χ2n) is 4.57. The highest BCUT2D eigenvalue weighted by atomic mass is 16.4. The van der Waals surface area contributed by atoms with Gasteiger partial charge < -0.3 is 10.4 Å². The molecule has 1 aliphatic rings. The largest absolute Gasteiger partial charge is 0.481 e. The number of rotatable bonds is 4. The molecule has 1 aromatic rings. The maximum absolute atomic E-state index is 11.8. The molecule has 0 aromatic carbocycles. The molecule has 0 unspecified atom stereocenters. The summed E-state index contributed by atoms with van der Waals surface area (Å²) in [6.07, 6.45) is 7.29. The number of amides is 1. The average Bonchev–Trinajstić information content (AvgIpc) is 2.87. The summed E-state index contributed by atoms with van der Waals surface area (Å²) in [5, 5.41) is 11.9. The Bertz CT molecular complexity index is 441. The van der Waals surface area contributed by atoms with Gasteiger partial charge in [0.1, 0.15) is 5.69 Å². The average molecular weight is 249 g/mol. The molecule has 1 aromatic heterocycles. The Labute approximate surface area is 104 Å². The third-order valence-electron chi connectivity index (χ3n) is 3.40. The molecule has 0 atom stereocenters. The standard InChI is InChI=1S/C12H15N3O3/c16-10(9-7-13-5-6-14-9)15-8-12(11(17)18)3-1-2-4-12/h5-7H,1-4,8H2,(H,15,16)(H,17,18). The van der Waals surface area contributed by atoms with E-state index >= 15 is 0 Å². The van der Waals surface area contributed by atoms with Gasteiger partial charge in [-0.2, -0.15) is 0 Å². The van der Waals surface area contributed by atoms with Gasteiger partial charge in [0, 0.05) is 18.9 Å². The minimum absolute atomic E-state index is 0.151. The Kier molecular flexibility index (Phi) is 3.55. The molecule has 0 aliphatic heterocycles. The van der Waals surface area contributed by atoms with E-state index in [1.807, 2.05) is 0 Å². The van der Waals surface area contributed by atoms with Crippen LogP contribution in [0.4, 0.5) is 0 Å². The van der Waals surface area contributed by atoms with Crippen LogP contribution in [-0.2, 0) is 4.79 Å². The van der Waals surface area contributed by atoms with Gasteiger partial charge in [-0.15, -0.1) is 0 Å². The van der Waals surface area contributed by atoms with E-state index in [9.17, 15) is 14.7 Å². The topological polar surface area (TPSA) is 92.2 Å². The number of carboxylic acid groups (broad SMARTS) is 1. The lowest BCUT2D eigenvalue weighted by Gasteiger charge is -2.23. The third kappa shape index (κ3) is 2.47. The number of aromatic nitrogens is 2. The van der Waals surface area contributed by atoms with Crippen molar-refractivity contribution < 1.29 is 14.7 Å². The van der Waals surface area contributed by atoms with Gasteiger partial charge in [-0.25, -0.2) is 4.98 Å². The Morgan fingerprint density at radius 2 is 2.06 bits per heavy atom. The van der Waals surface area contributed by atoms with Gasteiger partial charge in [0.05, 0.1) is 11.6 Å². The van der Waals surface area contributed by atoms with Crippen LogP contribution in [0.2, 0.25) is 0 Å². The predicted molar refractivity (Wildman–Crippen MR) is 62.9 cm³/mol. The Hall–Kier alpha value is -1.98. The predicted octanol–water partition coefficient (Wildman–Crippen LogP) is 0.851. The molecule has 1 aliphatic carbocycles. The molecule has 2 rings (SSSR count).